The number of nitrogens with two attached hydrogens (primary N) is 1. The molecule has 1 aromatic heterocycles. The monoisotopic (exact) mass is 287 g/mol. The van der Waals surface area contributed by atoms with Crippen LogP contribution in [0, 0.1) is 6.92 Å². The highest BCUT2D eigenvalue weighted by molar-refractivity contribution is 6.30. The highest BCUT2D eigenvalue weighted by Crippen LogP contribution is 2.21. The fourth-order valence-electron chi connectivity index (χ4n) is 1.88. The average molecular weight is 288 g/mol. The van der Waals surface area contributed by atoms with E-state index in [4.69, 9.17) is 22.5 Å². The molecule has 1 heterocycles. The van der Waals surface area contributed by atoms with Gasteiger partial charge in [-0.1, -0.05) is 16.8 Å². The van der Waals surface area contributed by atoms with E-state index in [-0.39, 0.29) is 5.84 Å². The van der Waals surface area contributed by atoms with Crippen LogP contribution >= 0.6 is 11.6 Å². The maximum Gasteiger partial charge on any atom is 0.140 e. The number of halogens is 1. The Hall–Kier alpha value is -1.27. The van der Waals surface area contributed by atoms with Crippen LogP contribution in [0.15, 0.2) is 5.16 Å². The maximum atomic E-state index is 8.58. The Kier molecular flexibility index (Phi) is 5.62. The highest BCUT2D eigenvalue weighted by Gasteiger charge is 2.17. The van der Waals surface area contributed by atoms with Crippen LogP contribution < -0.4 is 5.73 Å². The molecule has 0 amide bonds. The number of oxime groups is 1. The van der Waals surface area contributed by atoms with Crippen LogP contribution in [0.2, 0.25) is 5.15 Å². The van der Waals surface area contributed by atoms with Gasteiger partial charge in [0.2, 0.25) is 0 Å². The molecule has 3 N–H and O–H groups in total. The zero-order valence-electron chi connectivity index (χ0n) is 11.9. The maximum absolute atomic E-state index is 8.58. The van der Waals surface area contributed by atoms with Crippen molar-refractivity contribution in [2.45, 2.75) is 39.8 Å². The van der Waals surface area contributed by atoms with Gasteiger partial charge in [0.15, 0.2) is 0 Å². The van der Waals surface area contributed by atoms with Crippen molar-refractivity contribution in [1.29, 1.82) is 0 Å². The lowest BCUT2D eigenvalue weighted by Crippen LogP contribution is -2.33. The van der Waals surface area contributed by atoms with Gasteiger partial charge >= 0.3 is 0 Å². The van der Waals surface area contributed by atoms with Gasteiger partial charge in [-0.3, -0.25) is 9.58 Å². The second-order valence-electron chi connectivity index (χ2n) is 4.88. The summed E-state index contributed by atoms with van der Waals surface area (Å²) in [5, 5.41) is 16.5. The molecule has 0 saturated heterocycles. The normalized spacial score (nSPS) is 12.7. The quantitative estimate of drug-likeness (QED) is 0.361. The van der Waals surface area contributed by atoms with E-state index in [0.29, 0.717) is 30.7 Å². The van der Waals surface area contributed by atoms with Gasteiger partial charge in [0.25, 0.3) is 0 Å². The summed E-state index contributed by atoms with van der Waals surface area (Å²) in [5.41, 5.74) is 7.47. The molecule has 0 radical (unpaired) electrons. The molecule has 6 nitrogen and oxygen atoms in total. The summed E-state index contributed by atoms with van der Waals surface area (Å²) in [4.78, 5) is 2.22. The minimum absolute atomic E-state index is 0.236. The summed E-state index contributed by atoms with van der Waals surface area (Å²) in [6.45, 7) is 7.56. The summed E-state index contributed by atoms with van der Waals surface area (Å²) < 4.78 is 1.67. The Morgan fingerprint density at radius 2 is 2.21 bits per heavy atom. The Morgan fingerprint density at radius 3 is 2.63 bits per heavy atom. The molecule has 0 bridgehead atoms. The molecule has 0 fully saturated rings. The molecule has 7 heteroatoms. The van der Waals surface area contributed by atoms with Gasteiger partial charge in [-0.05, 0) is 20.8 Å². The van der Waals surface area contributed by atoms with Crippen molar-refractivity contribution in [2.75, 3.05) is 6.54 Å². The van der Waals surface area contributed by atoms with Crippen molar-refractivity contribution in [2.24, 2.45) is 17.9 Å². The highest BCUT2D eigenvalue weighted by atomic mass is 35.5. The molecule has 0 aliphatic rings. The third-order valence-corrected chi connectivity index (χ3v) is 3.62. The van der Waals surface area contributed by atoms with Crippen molar-refractivity contribution >= 4 is 17.4 Å². The van der Waals surface area contributed by atoms with E-state index >= 15 is 0 Å². The Balaban J connectivity index is 2.78. The van der Waals surface area contributed by atoms with E-state index in [1.165, 1.54) is 0 Å². The van der Waals surface area contributed by atoms with Gasteiger partial charge in [0.1, 0.15) is 11.0 Å². The zero-order valence-corrected chi connectivity index (χ0v) is 12.6. The molecule has 0 atom stereocenters. The van der Waals surface area contributed by atoms with Crippen LogP contribution in [0.4, 0.5) is 0 Å². The number of rotatable bonds is 6. The van der Waals surface area contributed by atoms with Gasteiger partial charge in [0, 0.05) is 38.2 Å². The second kappa shape index (κ2) is 6.77. The SMILES string of the molecule is Cc1nn(C)c(Cl)c1CN(CCC(N)=NO)C(C)C. The van der Waals surface area contributed by atoms with Crippen LogP contribution in [-0.2, 0) is 13.6 Å². The number of amidine groups is 1. The summed E-state index contributed by atoms with van der Waals surface area (Å²) in [6, 6.07) is 0.335. The first-order valence-corrected chi connectivity index (χ1v) is 6.63. The van der Waals surface area contributed by atoms with E-state index in [1.54, 1.807) is 4.68 Å². The topological polar surface area (TPSA) is 79.7 Å². The smallest absolute Gasteiger partial charge is 0.140 e. The van der Waals surface area contributed by atoms with Gasteiger partial charge < -0.3 is 10.9 Å². The number of hydrogen-bond donors (Lipinski definition) is 2. The minimum atomic E-state index is 0.236. The lowest BCUT2D eigenvalue weighted by Gasteiger charge is -2.26. The fourth-order valence-corrected chi connectivity index (χ4v) is 2.12. The molecular formula is C12H22ClN5O. The fraction of sp³-hybridized carbons (Fsp3) is 0.667. The first kappa shape index (κ1) is 15.8. The van der Waals surface area contributed by atoms with E-state index in [9.17, 15) is 0 Å². The first-order chi connectivity index (χ1) is 8.86. The second-order valence-corrected chi connectivity index (χ2v) is 5.24. The average Bonchev–Trinajstić information content (AvgIpc) is 2.59. The minimum Gasteiger partial charge on any atom is -0.409 e. The zero-order chi connectivity index (χ0) is 14.6. The molecule has 0 aliphatic heterocycles. The molecule has 0 aromatic carbocycles. The summed E-state index contributed by atoms with van der Waals surface area (Å²) in [6.07, 6.45) is 0.519. The van der Waals surface area contributed by atoms with Crippen molar-refractivity contribution in [1.82, 2.24) is 14.7 Å². The number of aryl methyl sites for hydroxylation is 2. The van der Waals surface area contributed by atoms with Crippen molar-refractivity contribution in [3.05, 3.63) is 16.4 Å². The predicted octanol–water partition coefficient (Wildman–Crippen LogP) is 1.73. The van der Waals surface area contributed by atoms with E-state index in [0.717, 1.165) is 11.3 Å². The molecule has 0 saturated carbocycles. The number of nitrogens with zero attached hydrogens (tertiary/aromatic N) is 4. The molecule has 0 unspecified atom stereocenters. The van der Waals surface area contributed by atoms with Crippen LogP contribution in [-0.4, -0.2) is 38.3 Å². The van der Waals surface area contributed by atoms with Gasteiger partial charge in [-0.15, -0.1) is 0 Å². The van der Waals surface area contributed by atoms with Crippen LogP contribution in [0.3, 0.4) is 0 Å². The van der Waals surface area contributed by atoms with Gasteiger partial charge in [0.05, 0.1) is 5.69 Å². The number of aromatic nitrogens is 2. The lowest BCUT2D eigenvalue weighted by atomic mass is 10.2. The van der Waals surface area contributed by atoms with Crippen LogP contribution in [0.5, 0.6) is 0 Å². The molecule has 1 aromatic rings. The Labute approximate surface area is 118 Å². The standard InChI is InChI=1S/C12H22ClN5O/c1-8(2)18(6-5-11(14)16-19)7-10-9(3)15-17(4)12(10)13/h8,19H,5-7H2,1-4H3,(H2,14,16). The van der Waals surface area contributed by atoms with Crippen LogP contribution in [0.1, 0.15) is 31.5 Å². The molecule has 1 rings (SSSR count). The third kappa shape index (κ3) is 4.11. The van der Waals surface area contributed by atoms with Crippen molar-refractivity contribution < 1.29 is 5.21 Å². The van der Waals surface area contributed by atoms with Gasteiger partial charge in [-0.25, -0.2) is 0 Å². The molecular weight excluding hydrogens is 266 g/mol. The Bertz CT molecular complexity index is 455. The summed E-state index contributed by atoms with van der Waals surface area (Å²) in [5.74, 6) is 0.236. The van der Waals surface area contributed by atoms with E-state index < -0.39 is 0 Å². The molecule has 0 aliphatic carbocycles. The predicted molar refractivity (Wildman–Crippen MR) is 76.5 cm³/mol. The molecule has 108 valence electrons. The molecule has 0 spiro atoms. The summed E-state index contributed by atoms with van der Waals surface area (Å²) in [7, 11) is 1.83. The largest absolute Gasteiger partial charge is 0.409 e. The lowest BCUT2D eigenvalue weighted by molar-refractivity contribution is 0.217. The Morgan fingerprint density at radius 1 is 1.58 bits per heavy atom. The van der Waals surface area contributed by atoms with Gasteiger partial charge in [-0.2, -0.15) is 5.10 Å². The van der Waals surface area contributed by atoms with E-state index in [2.05, 4.69) is 29.0 Å². The van der Waals surface area contributed by atoms with E-state index in [1.807, 2.05) is 14.0 Å². The number of hydrogen-bond acceptors (Lipinski definition) is 4. The van der Waals surface area contributed by atoms with Crippen molar-refractivity contribution in [3.8, 4) is 0 Å². The third-order valence-electron chi connectivity index (χ3n) is 3.14. The first-order valence-electron chi connectivity index (χ1n) is 6.25. The molecule has 19 heavy (non-hydrogen) atoms. The summed E-state index contributed by atoms with van der Waals surface area (Å²) >= 11 is 6.24. The van der Waals surface area contributed by atoms with Crippen LogP contribution in [0.25, 0.3) is 0 Å². The van der Waals surface area contributed by atoms with Crippen molar-refractivity contribution in [3.63, 3.8) is 0 Å².